The Labute approximate surface area is 99.2 Å². The van der Waals surface area contributed by atoms with Crippen LogP contribution in [-0.2, 0) is 10.0 Å². The zero-order valence-corrected chi connectivity index (χ0v) is 10.2. The second-order valence-electron chi connectivity index (χ2n) is 3.07. The number of hydrogen-bond acceptors (Lipinski definition) is 3. The van der Waals surface area contributed by atoms with Crippen LogP contribution in [0.5, 0.6) is 0 Å². The molecular weight excluding hydrogens is 269 g/mol. The van der Waals surface area contributed by atoms with E-state index in [1.54, 1.807) is 0 Å². The van der Waals surface area contributed by atoms with Crippen molar-refractivity contribution in [3.63, 3.8) is 0 Å². The van der Waals surface area contributed by atoms with Crippen molar-refractivity contribution in [2.24, 2.45) is 5.73 Å². The number of nitrogens with two attached hydrogens (primary N) is 1. The minimum absolute atomic E-state index is 0. The highest BCUT2D eigenvalue weighted by atomic mass is 35.5. The molecular formula is C7H16ClF3N2O2S. The Morgan fingerprint density at radius 3 is 2.19 bits per heavy atom. The summed E-state index contributed by atoms with van der Waals surface area (Å²) < 4.78 is 59.4. The van der Waals surface area contributed by atoms with Gasteiger partial charge in [-0.2, -0.15) is 13.2 Å². The van der Waals surface area contributed by atoms with E-state index in [2.05, 4.69) is 4.72 Å². The van der Waals surface area contributed by atoms with Crippen LogP contribution in [0.1, 0.15) is 19.3 Å². The Hall–Kier alpha value is -0.0500. The molecule has 0 rings (SSSR count). The molecule has 16 heavy (non-hydrogen) atoms. The van der Waals surface area contributed by atoms with Crippen molar-refractivity contribution in [2.45, 2.75) is 25.4 Å². The van der Waals surface area contributed by atoms with Gasteiger partial charge in [0.25, 0.3) is 0 Å². The predicted molar refractivity (Wildman–Crippen MR) is 58.0 cm³/mol. The molecule has 0 aliphatic carbocycles. The number of sulfonamides is 1. The Morgan fingerprint density at radius 1 is 1.19 bits per heavy atom. The molecule has 0 unspecified atom stereocenters. The van der Waals surface area contributed by atoms with E-state index < -0.39 is 34.8 Å². The fourth-order valence-electron chi connectivity index (χ4n) is 0.865. The van der Waals surface area contributed by atoms with Crippen LogP contribution in [0.25, 0.3) is 0 Å². The third kappa shape index (κ3) is 12.0. The fourth-order valence-corrected chi connectivity index (χ4v) is 1.99. The summed E-state index contributed by atoms with van der Waals surface area (Å²) >= 11 is 0. The van der Waals surface area contributed by atoms with Gasteiger partial charge in [0.2, 0.25) is 10.0 Å². The Morgan fingerprint density at radius 2 is 1.75 bits per heavy atom. The van der Waals surface area contributed by atoms with Gasteiger partial charge in [0.1, 0.15) is 0 Å². The first-order valence-electron chi connectivity index (χ1n) is 4.51. The Bertz CT molecular complexity index is 269. The number of halogens is 4. The molecule has 0 radical (unpaired) electrons. The van der Waals surface area contributed by atoms with Gasteiger partial charge in [0, 0.05) is 13.0 Å². The first-order chi connectivity index (χ1) is 6.77. The number of nitrogens with one attached hydrogen (secondary N) is 1. The van der Waals surface area contributed by atoms with Gasteiger partial charge >= 0.3 is 6.18 Å². The van der Waals surface area contributed by atoms with Crippen LogP contribution in [0.15, 0.2) is 0 Å². The molecule has 3 N–H and O–H groups in total. The third-order valence-electron chi connectivity index (χ3n) is 1.58. The fraction of sp³-hybridized carbons (Fsp3) is 1.00. The van der Waals surface area contributed by atoms with Crippen molar-refractivity contribution in [1.29, 1.82) is 0 Å². The average Bonchev–Trinajstić information content (AvgIpc) is 2.01. The lowest BCUT2D eigenvalue weighted by Gasteiger charge is -2.07. The maximum absolute atomic E-state index is 11.7. The first-order valence-corrected chi connectivity index (χ1v) is 6.16. The van der Waals surface area contributed by atoms with Gasteiger partial charge in [-0.3, -0.25) is 0 Å². The van der Waals surface area contributed by atoms with Crippen molar-refractivity contribution in [1.82, 2.24) is 4.72 Å². The SMILES string of the molecule is Cl.NCCCNS(=O)(=O)CCCC(F)(F)F. The summed E-state index contributed by atoms with van der Waals surface area (Å²) in [5.74, 6) is -0.503. The lowest BCUT2D eigenvalue weighted by atomic mass is 10.3. The second-order valence-corrected chi connectivity index (χ2v) is 5.00. The summed E-state index contributed by atoms with van der Waals surface area (Å²) in [6.07, 6.45) is -5.32. The van der Waals surface area contributed by atoms with E-state index >= 15 is 0 Å². The van der Waals surface area contributed by atoms with Crippen molar-refractivity contribution in [3.05, 3.63) is 0 Å². The molecule has 0 aliphatic rings. The molecule has 0 aromatic heterocycles. The van der Waals surface area contributed by atoms with Crippen molar-refractivity contribution in [2.75, 3.05) is 18.8 Å². The van der Waals surface area contributed by atoms with Crippen molar-refractivity contribution >= 4 is 22.4 Å². The van der Waals surface area contributed by atoms with Crippen LogP contribution in [0.4, 0.5) is 13.2 Å². The summed E-state index contributed by atoms with van der Waals surface area (Å²) in [6.45, 7) is 0.510. The smallest absolute Gasteiger partial charge is 0.330 e. The van der Waals surface area contributed by atoms with Gasteiger partial charge in [0.15, 0.2) is 0 Å². The average molecular weight is 285 g/mol. The molecule has 0 bridgehead atoms. The molecule has 100 valence electrons. The van der Waals surface area contributed by atoms with Crippen LogP contribution >= 0.6 is 12.4 Å². The lowest BCUT2D eigenvalue weighted by molar-refractivity contribution is -0.134. The summed E-state index contributed by atoms with van der Waals surface area (Å²) in [5, 5.41) is 0. The van der Waals surface area contributed by atoms with E-state index in [4.69, 9.17) is 5.73 Å². The summed E-state index contributed by atoms with van der Waals surface area (Å²) in [5.41, 5.74) is 5.13. The van der Waals surface area contributed by atoms with Crippen LogP contribution < -0.4 is 10.5 Å². The highest BCUT2D eigenvalue weighted by Gasteiger charge is 2.27. The van der Waals surface area contributed by atoms with Gasteiger partial charge in [-0.15, -0.1) is 12.4 Å². The van der Waals surface area contributed by atoms with Crippen molar-refractivity contribution < 1.29 is 21.6 Å². The molecule has 0 fully saturated rings. The normalized spacial score (nSPS) is 12.2. The van der Waals surface area contributed by atoms with E-state index in [1.165, 1.54) is 0 Å². The van der Waals surface area contributed by atoms with Crippen LogP contribution in [0.2, 0.25) is 0 Å². The third-order valence-corrected chi connectivity index (χ3v) is 3.05. The highest BCUT2D eigenvalue weighted by molar-refractivity contribution is 7.89. The summed E-state index contributed by atoms with van der Waals surface area (Å²) in [4.78, 5) is 0. The maximum Gasteiger partial charge on any atom is 0.389 e. The van der Waals surface area contributed by atoms with Gasteiger partial charge in [-0.05, 0) is 19.4 Å². The molecule has 0 heterocycles. The lowest BCUT2D eigenvalue weighted by Crippen LogP contribution is -2.29. The monoisotopic (exact) mass is 284 g/mol. The number of rotatable bonds is 7. The first kappa shape index (κ1) is 18.3. The van der Waals surface area contributed by atoms with Gasteiger partial charge in [-0.1, -0.05) is 0 Å². The molecule has 0 saturated heterocycles. The zero-order valence-electron chi connectivity index (χ0n) is 8.59. The molecule has 0 aliphatic heterocycles. The zero-order chi connectivity index (χ0) is 11.9. The quantitative estimate of drug-likeness (QED) is 0.686. The van der Waals surface area contributed by atoms with Crippen LogP contribution in [-0.4, -0.2) is 33.4 Å². The number of alkyl halides is 3. The Balaban J connectivity index is 0. The van der Waals surface area contributed by atoms with Gasteiger partial charge in [-0.25, -0.2) is 13.1 Å². The number of hydrogen-bond donors (Lipinski definition) is 2. The minimum atomic E-state index is -4.30. The largest absolute Gasteiger partial charge is 0.389 e. The molecule has 0 saturated carbocycles. The molecule has 0 amide bonds. The van der Waals surface area contributed by atoms with Crippen molar-refractivity contribution in [3.8, 4) is 0 Å². The highest BCUT2D eigenvalue weighted by Crippen LogP contribution is 2.21. The van der Waals surface area contributed by atoms with Gasteiger partial charge < -0.3 is 5.73 Å². The molecule has 0 spiro atoms. The molecule has 0 aromatic carbocycles. The minimum Gasteiger partial charge on any atom is -0.330 e. The van der Waals surface area contributed by atoms with Crippen LogP contribution in [0.3, 0.4) is 0 Å². The van der Waals surface area contributed by atoms with E-state index in [0.717, 1.165) is 0 Å². The predicted octanol–water partition coefficient (Wildman–Crippen LogP) is 1.02. The van der Waals surface area contributed by atoms with E-state index in [-0.39, 0.29) is 19.0 Å². The summed E-state index contributed by atoms with van der Waals surface area (Å²) in [6, 6.07) is 0. The van der Waals surface area contributed by atoms with E-state index in [1.807, 2.05) is 0 Å². The van der Waals surface area contributed by atoms with Crippen LogP contribution in [0, 0.1) is 0 Å². The van der Waals surface area contributed by atoms with E-state index in [0.29, 0.717) is 13.0 Å². The molecule has 0 aromatic rings. The second kappa shape index (κ2) is 8.10. The van der Waals surface area contributed by atoms with E-state index in [9.17, 15) is 21.6 Å². The topological polar surface area (TPSA) is 72.2 Å². The molecule has 9 heteroatoms. The molecule has 0 atom stereocenters. The maximum atomic E-state index is 11.7. The summed E-state index contributed by atoms with van der Waals surface area (Å²) in [7, 11) is -3.58. The Kier molecular flexibility index (Phi) is 9.28. The standard InChI is InChI=1S/C7H15F3N2O2S.ClH/c8-7(9,10)3-1-6-15(13,14)12-5-2-4-11;/h12H,1-6,11H2;1H. The van der Waals surface area contributed by atoms with Gasteiger partial charge in [0.05, 0.1) is 5.75 Å². The molecule has 4 nitrogen and oxygen atoms in total.